The highest BCUT2D eigenvalue weighted by Gasteiger charge is 2.23. The van der Waals surface area contributed by atoms with Crippen LogP contribution in [0.15, 0.2) is 30.3 Å². The van der Waals surface area contributed by atoms with Crippen molar-refractivity contribution in [1.82, 2.24) is 5.32 Å². The molecule has 0 aliphatic carbocycles. The topological polar surface area (TPSA) is 64.3 Å². The fraction of sp³-hybridized carbons (Fsp3) is 0.462. The second-order valence-electron chi connectivity index (χ2n) is 4.26. The van der Waals surface area contributed by atoms with Crippen molar-refractivity contribution in [3.05, 3.63) is 35.9 Å². The number of halogens is 1. The van der Waals surface area contributed by atoms with E-state index in [4.69, 9.17) is 10.5 Å². The third-order valence-electron chi connectivity index (χ3n) is 2.95. The first kappa shape index (κ1) is 15.0. The van der Waals surface area contributed by atoms with E-state index in [9.17, 15) is 4.79 Å². The molecular formula is C13H19ClN2O2. The zero-order chi connectivity index (χ0) is 12.1. The van der Waals surface area contributed by atoms with Gasteiger partial charge in [0.05, 0.1) is 0 Å². The van der Waals surface area contributed by atoms with Crippen molar-refractivity contribution < 1.29 is 9.53 Å². The van der Waals surface area contributed by atoms with E-state index in [-0.39, 0.29) is 30.5 Å². The van der Waals surface area contributed by atoms with Crippen LogP contribution in [0.2, 0.25) is 0 Å². The van der Waals surface area contributed by atoms with E-state index in [0.29, 0.717) is 13.2 Å². The second-order valence-corrected chi connectivity index (χ2v) is 4.26. The Kier molecular flexibility index (Phi) is 6.12. The van der Waals surface area contributed by atoms with Gasteiger partial charge in [0, 0.05) is 19.2 Å². The zero-order valence-corrected chi connectivity index (χ0v) is 11.0. The number of hydrogen-bond donors (Lipinski definition) is 2. The number of nitrogens with one attached hydrogen (secondary N) is 1. The molecule has 1 amide bonds. The predicted molar refractivity (Wildman–Crippen MR) is 72.6 cm³/mol. The Morgan fingerprint density at radius 3 is 2.78 bits per heavy atom. The molecule has 2 rings (SSSR count). The van der Waals surface area contributed by atoms with Crippen LogP contribution in [0.4, 0.5) is 0 Å². The average molecular weight is 271 g/mol. The highest BCUT2D eigenvalue weighted by Crippen LogP contribution is 2.12. The molecule has 18 heavy (non-hydrogen) atoms. The second kappa shape index (κ2) is 7.36. The molecule has 1 heterocycles. The normalized spacial score (nSPS) is 19.9. The number of benzene rings is 1. The fourth-order valence-electron chi connectivity index (χ4n) is 1.93. The van der Waals surface area contributed by atoms with Crippen molar-refractivity contribution >= 4 is 18.3 Å². The summed E-state index contributed by atoms with van der Waals surface area (Å²) in [5.74, 6) is -0.0473. The molecule has 3 N–H and O–H groups in total. The van der Waals surface area contributed by atoms with Crippen molar-refractivity contribution in [3.63, 3.8) is 0 Å². The van der Waals surface area contributed by atoms with Crippen LogP contribution < -0.4 is 11.1 Å². The standard InChI is InChI=1S/C13H18N2O2.ClH/c14-11(10-5-2-1-3-6-10)9-15-13(16)12-7-4-8-17-12;/h1-3,5-6,11-12H,4,7-9,14H2,(H,15,16);1H. The van der Waals surface area contributed by atoms with Gasteiger partial charge < -0.3 is 15.8 Å². The Hall–Kier alpha value is -1.10. The first-order chi connectivity index (χ1) is 8.27. The minimum atomic E-state index is -0.280. The highest BCUT2D eigenvalue weighted by molar-refractivity contribution is 5.85. The van der Waals surface area contributed by atoms with Crippen molar-refractivity contribution in [1.29, 1.82) is 0 Å². The van der Waals surface area contributed by atoms with Crippen molar-refractivity contribution in [2.75, 3.05) is 13.2 Å². The summed E-state index contributed by atoms with van der Waals surface area (Å²) in [6.45, 7) is 1.13. The maximum atomic E-state index is 11.7. The zero-order valence-electron chi connectivity index (χ0n) is 10.2. The van der Waals surface area contributed by atoms with Gasteiger partial charge in [-0.15, -0.1) is 12.4 Å². The summed E-state index contributed by atoms with van der Waals surface area (Å²) >= 11 is 0. The van der Waals surface area contributed by atoms with Gasteiger partial charge in [-0.25, -0.2) is 0 Å². The van der Waals surface area contributed by atoms with E-state index in [0.717, 1.165) is 18.4 Å². The predicted octanol–water partition coefficient (Wildman–Crippen LogP) is 1.40. The first-order valence-corrected chi connectivity index (χ1v) is 5.97. The number of amides is 1. The van der Waals surface area contributed by atoms with Gasteiger partial charge in [-0.05, 0) is 18.4 Å². The van der Waals surface area contributed by atoms with Gasteiger partial charge in [-0.3, -0.25) is 4.79 Å². The van der Waals surface area contributed by atoms with Crippen LogP contribution in [0.5, 0.6) is 0 Å². The molecule has 1 fully saturated rings. The Morgan fingerprint density at radius 2 is 2.17 bits per heavy atom. The minimum Gasteiger partial charge on any atom is -0.368 e. The molecule has 2 atom stereocenters. The molecule has 1 aliphatic heterocycles. The van der Waals surface area contributed by atoms with Crippen LogP contribution in [0.1, 0.15) is 24.4 Å². The monoisotopic (exact) mass is 270 g/mol. The minimum absolute atomic E-state index is 0. The fourth-order valence-corrected chi connectivity index (χ4v) is 1.93. The molecule has 0 bridgehead atoms. The summed E-state index contributed by atoms with van der Waals surface area (Å²) in [7, 11) is 0. The number of carbonyl (C=O) groups excluding carboxylic acids is 1. The third-order valence-corrected chi connectivity index (χ3v) is 2.95. The lowest BCUT2D eigenvalue weighted by Crippen LogP contribution is -2.38. The van der Waals surface area contributed by atoms with Crippen molar-refractivity contribution in [2.45, 2.75) is 25.0 Å². The van der Waals surface area contributed by atoms with Crippen molar-refractivity contribution in [3.8, 4) is 0 Å². The lowest BCUT2D eigenvalue weighted by Gasteiger charge is -2.15. The quantitative estimate of drug-likeness (QED) is 0.869. The van der Waals surface area contributed by atoms with E-state index in [2.05, 4.69) is 5.32 Å². The van der Waals surface area contributed by atoms with Gasteiger partial charge in [0.2, 0.25) is 5.91 Å². The van der Waals surface area contributed by atoms with Crippen LogP contribution in [-0.4, -0.2) is 25.2 Å². The van der Waals surface area contributed by atoms with Gasteiger partial charge in [-0.2, -0.15) is 0 Å². The molecule has 5 heteroatoms. The van der Waals surface area contributed by atoms with Gasteiger partial charge >= 0.3 is 0 Å². The number of hydrogen-bond acceptors (Lipinski definition) is 3. The number of rotatable bonds is 4. The SMILES string of the molecule is Cl.NC(CNC(=O)C1CCCO1)c1ccccc1. The van der Waals surface area contributed by atoms with Crippen LogP contribution in [-0.2, 0) is 9.53 Å². The van der Waals surface area contributed by atoms with E-state index in [1.165, 1.54) is 0 Å². The van der Waals surface area contributed by atoms with Crippen LogP contribution in [0, 0.1) is 0 Å². The van der Waals surface area contributed by atoms with Crippen LogP contribution in [0.25, 0.3) is 0 Å². The molecule has 0 saturated carbocycles. The Labute approximate surface area is 113 Å². The average Bonchev–Trinajstić information content (AvgIpc) is 2.90. The molecule has 4 nitrogen and oxygen atoms in total. The summed E-state index contributed by atoms with van der Waals surface area (Å²) in [6, 6.07) is 9.59. The molecule has 0 spiro atoms. The van der Waals surface area contributed by atoms with E-state index in [1.807, 2.05) is 30.3 Å². The summed E-state index contributed by atoms with van der Waals surface area (Å²) in [4.78, 5) is 11.7. The molecule has 1 aromatic carbocycles. The number of nitrogens with two attached hydrogens (primary N) is 1. The molecule has 0 aromatic heterocycles. The highest BCUT2D eigenvalue weighted by atomic mass is 35.5. The molecular weight excluding hydrogens is 252 g/mol. The lowest BCUT2D eigenvalue weighted by atomic mass is 10.1. The van der Waals surface area contributed by atoms with Crippen molar-refractivity contribution in [2.24, 2.45) is 5.73 Å². The Morgan fingerprint density at radius 1 is 1.44 bits per heavy atom. The van der Waals surface area contributed by atoms with Gasteiger partial charge in [0.25, 0.3) is 0 Å². The molecule has 2 unspecified atom stereocenters. The summed E-state index contributed by atoms with van der Waals surface area (Å²) in [6.07, 6.45) is 1.49. The molecule has 100 valence electrons. The third kappa shape index (κ3) is 3.98. The van der Waals surface area contributed by atoms with Gasteiger partial charge in [0.15, 0.2) is 0 Å². The first-order valence-electron chi connectivity index (χ1n) is 5.97. The maximum Gasteiger partial charge on any atom is 0.249 e. The summed E-state index contributed by atoms with van der Waals surface area (Å²) < 4.78 is 5.30. The number of carbonyl (C=O) groups is 1. The Balaban J connectivity index is 0.00000162. The number of ether oxygens (including phenoxy) is 1. The molecule has 1 aromatic rings. The molecule has 0 radical (unpaired) electrons. The van der Waals surface area contributed by atoms with E-state index in [1.54, 1.807) is 0 Å². The maximum absolute atomic E-state index is 11.7. The smallest absolute Gasteiger partial charge is 0.249 e. The van der Waals surface area contributed by atoms with E-state index < -0.39 is 0 Å². The lowest BCUT2D eigenvalue weighted by molar-refractivity contribution is -0.130. The molecule has 1 saturated heterocycles. The van der Waals surface area contributed by atoms with E-state index >= 15 is 0 Å². The summed E-state index contributed by atoms with van der Waals surface area (Å²) in [5.41, 5.74) is 7.01. The van der Waals surface area contributed by atoms with Gasteiger partial charge in [0.1, 0.15) is 6.10 Å². The van der Waals surface area contributed by atoms with Crippen LogP contribution >= 0.6 is 12.4 Å². The van der Waals surface area contributed by atoms with Gasteiger partial charge in [-0.1, -0.05) is 30.3 Å². The van der Waals surface area contributed by atoms with Crippen LogP contribution in [0.3, 0.4) is 0 Å². The largest absolute Gasteiger partial charge is 0.368 e. The Bertz CT molecular complexity index is 367. The molecule has 1 aliphatic rings. The summed E-state index contributed by atoms with van der Waals surface area (Å²) in [5, 5.41) is 2.83.